The van der Waals surface area contributed by atoms with E-state index in [4.69, 9.17) is 0 Å². The molecule has 6 heteroatoms. The normalized spacial score (nSPS) is 13.6. The second-order valence-electron chi connectivity index (χ2n) is 5.59. The standard InChI is InChI=1S/C16H22FN3O2/c1-3-8-20(10-11-4-5-11)16(22)19-12-6-7-14(17)13(9-12)15(21)18-2/h6-7,9,11H,3-5,8,10H2,1-2H3,(H,18,21)(H,19,22). The van der Waals surface area contributed by atoms with Crippen LogP contribution in [0, 0.1) is 11.7 Å². The Kier molecular flexibility index (Phi) is 5.35. The molecule has 0 aromatic heterocycles. The lowest BCUT2D eigenvalue weighted by Crippen LogP contribution is -2.37. The number of nitrogens with one attached hydrogen (secondary N) is 2. The summed E-state index contributed by atoms with van der Waals surface area (Å²) in [6, 6.07) is 3.79. The average molecular weight is 307 g/mol. The average Bonchev–Trinajstić information content (AvgIpc) is 3.32. The minimum Gasteiger partial charge on any atom is -0.355 e. The Morgan fingerprint density at radius 1 is 1.36 bits per heavy atom. The maximum Gasteiger partial charge on any atom is 0.321 e. The van der Waals surface area contributed by atoms with E-state index < -0.39 is 11.7 Å². The maximum absolute atomic E-state index is 13.6. The highest BCUT2D eigenvalue weighted by Crippen LogP contribution is 2.30. The van der Waals surface area contributed by atoms with Gasteiger partial charge in [-0.2, -0.15) is 0 Å². The summed E-state index contributed by atoms with van der Waals surface area (Å²) in [6.07, 6.45) is 3.22. The Balaban J connectivity index is 2.07. The second kappa shape index (κ2) is 7.24. The van der Waals surface area contributed by atoms with Crippen LogP contribution in [0.15, 0.2) is 18.2 Å². The van der Waals surface area contributed by atoms with Gasteiger partial charge in [-0.05, 0) is 43.4 Å². The zero-order valence-corrected chi connectivity index (χ0v) is 13.0. The molecule has 3 amide bonds. The van der Waals surface area contributed by atoms with Crippen molar-refractivity contribution in [2.24, 2.45) is 5.92 Å². The molecule has 0 bridgehead atoms. The summed E-state index contributed by atoms with van der Waals surface area (Å²) in [7, 11) is 1.44. The van der Waals surface area contributed by atoms with E-state index in [1.54, 1.807) is 4.90 Å². The van der Waals surface area contributed by atoms with Crippen LogP contribution in [0.1, 0.15) is 36.5 Å². The Hall–Kier alpha value is -2.11. The molecular weight excluding hydrogens is 285 g/mol. The SMILES string of the molecule is CCCN(CC1CC1)C(=O)Nc1ccc(F)c(C(=O)NC)c1. The fraction of sp³-hybridized carbons (Fsp3) is 0.500. The van der Waals surface area contributed by atoms with Gasteiger partial charge in [0.2, 0.25) is 0 Å². The zero-order chi connectivity index (χ0) is 16.1. The Bertz CT molecular complexity index is 558. The summed E-state index contributed by atoms with van der Waals surface area (Å²) in [5.74, 6) is -0.523. The molecule has 1 aliphatic carbocycles. The van der Waals surface area contributed by atoms with Gasteiger partial charge in [-0.1, -0.05) is 6.92 Å². The van der Waals surface area contributed by atoms with Crippen molar-refractivity contribution < 1.29 is 14.0 Å². The van der Waals surface area contributed by atoms with E-state index in [0.29, 0.717) is 18.2 Å². The lowest BCUT2D eigenvalue weighted by atomic mass is 10.1. The number of amides is 3. The molecule has 22 heavy (non-hydrogen) atoms. The smallest absolute Gasteiger partial charge is 0.321 e. The third-order valence-electron chi connectivity index (χ3n) is 3.65. The van der Waals surface area contributed by atoms with Crippen LogP contribution in [0.2, 0.25) is 0 Å². The molecule has 0 atom stereocenters. The number of hydrogen-bond acceptors (Lipinski definition) is 2. The topological polar surface area (TPSA) is 61.4 Å². The summed E-state index contributed by atoms with van der Waals surface area (Å²) in [6.45, 7) is 3.46. The molecule has 120 valence electrons. The van der Waals surface area contributed by atoms with Crippen LogP contribution in [-0.2, 0) is 0 Å². The quantitative estimate of drug-likeness (QED) is 0.849. The molecule has 1 aromatic carbocycles. The van der Waals surface area contributed by atoms with Crippen LogP contribution in [0.25, 0.3) is 0 Å². The number of urea groups is 1. The van der Waals surface area contributed by atoms with Gasteiger partial charge in [0, 0.05) is 25.8 Å². The molecule has 0 unspecified atom stereocenters. The number of hydrogen-bond donors (Lipinski definition) is 2. The highest BCUT2D eigenvalue weighted by atomic mass is 19.1. The molecule has 0 radical (unpaired) electrons. The molecule has 1 fully saturated rings. The first-order valence-corrected chi connectivity index (χ1v) is 7.62. The van der Waals surface area contributed by atoms with E-state index in [1.807, 2.05) is 6.92 Å². The van der Waals surface area contributed by atoms with E-state index in [2.05, 4.69) is 10.6 Å². The highest BCUT2D eigenvalue weighted by molar-refractivity contribution is 5.97. The van der Waals surface area contributed by atoms with Gasteiger partial charge in [-0.15, -0.1) is 0 Å². The number of rotatable bonds is 6. The number of nitrogens with zero attached hydrogens (tertiary/aromatic N) is 1. The number of carbonyl (C=O) groups is 2. The predicted molar refractivity (Wildman–Crippen MR) is 83.4 cm³/mol. The summed E-state index contributed by atoms with van der Waals surface area (Å²) < 4.78 is 13.6. The summed E-state index contributed by atoms with van der Waals surface area (Å²) in [4.78, 5) is 25.7. The van der Waals surface area contributed by atoms with E-state index in [1.165, 1.54) is 38.1 Å². The highest BCUT2D eigenvalue weighted by Gasteiger charge is 2.26. The van der Waals surface area contributed by atoms with Gasteiger partial charge in [0.25, 0.3) is 5.91 Å². The van der Waals surface area contributed by atoms with Crippen LogP contribution in [0.4, 0.5) is 14.9 Å². The first kappa shape index (κ1) is 16.3. The van der Waals surface area contributed by atoms with Crippen molar-refractivity contribution in [1.82, 2.24) is 10.2 Å². The van der Waals surface area contributed by atoms with E-state index >= 15 is 0 Å². The zero-order valence-electron chi connectivity index (χ0n) is 13.0. The Morgan fingerprint density at radius 3 is 2.68 bits per heavy atom. The Labute approximate surface area is 129 Å². The number of benzene rings is 1. The largest absolute Gasteiger partial charge is 0.355 e. The van der Waals surface area contributed by atoms with Crippen LogP contribution in [-0.4, -0.2) is 37.0 Å². The third-order valence-corrected chi connectivity index (χ3v) is 3.65. The molecule has 0 aliphatic heterocycles. The Morgan fingerprint density at radius 2 is 2.09 bits per heavy atom. The van der Waals surface area contributed by atoms with Gasteiger partial charge in [0.05, 0.1) is 5.56 Å². The maximum atomic E-state index is 13.6. The van der Waals surface area contributed by atoms with Crippen LogP contribution >= 0.6 is 0 Å². The number of carbonyl (C=O) groups excluding carboxylic acids is 2. The van der Waals surface area contributed by atoms with E-state index in [9.17, 15) is 14.0 Å². The van der Waals surface area contributed by atoms with E-state index in [0.717, 1.165) is 13.0 Å². The summed E-state index contributed by atoms with van der Waals surface area (Å²) in [5, 5.41) is 5.12. The first-order chi connectivity index (χ1) is 10.5. The molecule has 5 nitrogen and oxygen atoms in total. The van der Waals surface area contributed by atoms with Crippen molar-refractivity contribution in [3.63, 3.8) is 0 Å². The van der Waals surface area contributed by atoms with Gasteiger partial charge in [0.1, 0.15) is 5.82 Å². The van der Waals surface area contributed by atoms with Gasteiger partial charge in [-0.25, -0.2) is 9.18 Å². The van der Waals surface area contributed by atoms with Crippen LogP contribution in [0.3, 0.4) is 0 Å². The fourth-order valence-corrected chi connectivity index (χ4v) is 2.27. The molecule has 0 heterocycles. The van der Waals surface area contributed by atoms with Gasteiger partial charge in [0.15, 0.2) is 0 Å². The second-order valence-corrected chi connectivity index (χ2v) is 5.59. The fourth-order valence-electron chi connectivity index (χ4n) is 2.27. The molecule has 2 N–H and O–H groups in total. The van der Waals surface area contributed by atoms with Crippen LogP contribution in [0.5, 0.6) is 0 Å². The third kappa shape index (κ3) is 4.19. The minimum absolute atomic E-state index is 0.0791. The number of halogens is 1. The van der Waals surface area contributed by atoms with Crippen LogP contribution < -0.4 is 10.6 Å². The molecule has 1 aliphatic rings. The molecule has 1 saturated carbocycles. The van der Waals surface area contributed by atoms with Crippen molar-refractivity contribution >= 4 is 17.6 Å². The molecule has 2 rings (SSSR count). The van der Waals surface area contributed by atoms with Crippen molar-refractivity contribution in [2.75, 3.05) is 25.5 Å². The van der Waals surface area contributed by atoms with Crippen molar-refractivity contribution in [3.05, 3.63) is 29.6 Å². The molecular formula is C16H22FN3O2. The van der Waals surface area contributed by atoms with E-state index in [-0.39, 0.29) is 11.6 Å². The molecule has 0 spiro atoms. The van der Waals surface area contributed by atoms with Crippen molar-refractivity contribution in [3.8, 4) is 0 Å². The van der Waals surface area contributed by atoms with Crippen molar-refractivity contribution in [2.45, 2.75) is 26.2 Å². The van der Waals surface area contributed by atoms with Gasteiger partial charge < -0.3 is 15.5 Å². The predicted octanol–water partition coefficient (Wildman–Crippen LogP) is 2.84. The minimum atomic E-state index is -0.610. The molecule has 0 saturated heterocycles. The summed E-state index contributed by atoms with van der Waals surface area (Å²) >= 11 is 0. The van der Waals surface area contributed by atoms with Crippen molar-refractivity contribution in [1.29, 1.82) is 0 Å². The van der Waals surface area contributed by atoms with Gasteiger partial charge >= 0.3 is 6.03 Å². The molecule has 1 aromatic rings. The first-order valence-electron chi connectivity index (χ1n) is 7.62. The summed E-state index contributed by atoms with van der Waals surface area (Å²) in [5.41, 5.74) is 0.339. The number of anilines is 1. The monoisotopic (exact) mass is 307 g/mol. The lowest BCUT2D eigenvalue weighted by Gasteiger charge is -2.22. The van der Waals surface area contributed by atoms with Gasteiger partial charge in [-0.3, -0.25) is 4.79 Å². The lowest BCUT2D eigenvalue weighted by molar-refractivity contribution is 0.0959.